The van der Waals surface area contributed by atoms with Crippen LogP contribution in [0.2, 0.25) is 0 Å². The first-order chi connectivity index (χ1) is 17.2. The van der Waals surface area contributed by atoms with E-state index in [1.165, 1.54) is 11.8 Å². The monoisotopic (exact) mass is 494 g/mol. The van der Waals surface area contributed by atoms with E-state index in [1.54, 1.807) is 24.1 Å². The lowest BCUT2D eigenvalue weighted by atomic mass is 10.1. The summed E-state index contributed by atoms with van der Waals surface area (Å²) in [5.74, 6) is 1.37. The molecule has 1 aliphatic rings. The SMILES string of the molecule is COc1cccc(-c2cc(C(=O)NCCn3ncc4c(N5CCOCC5)nc(SC)nc43)[nH]n2)c1. The van der Waals surface area contributed by atoms with Gasteiger partial charge >= 0.3 is 0 Å². The van der Waals surface area contributed by atoms with E-state index < -0.39 is 0 Å². The molecule has 1 saturated heterocycles. The van der Waals surface area contributed by atoms with E-state index in [0.717, 1.165) is 41.3 Å². The highest BCUT2D eigenvalue weighted by Gasteiger charge is 2.20. The number of anilines is 1. The molecule has 1 fully saturated rings. The van der Waals surface area contributed by atoms with Crippen molar-refractivity contribution in [2.75, 3.05) is 51.1 Å². The number of amides is 1. The molecule has 1 amide bonds. The Morgan fingerprint density at radius 1 is 1.26 bits per heavy atom. The molecular formula is C23H26N8O3S. The average Bonchev–Trinajstić information content (AvgIpc) is 3.56. The summed E-state index contributed by atoms with van der Waals surface area (Å²) in [6.45, 7) is 3.77. The number of nitrogens with one attached hydrogen (secondary N) is 2. The van der Waals surface area contributed by atoms with Gasteiger partial charge in [-0.1, -0.05) is 23.9 Å². The van der Waals surface area contributed by atoms with Crippen molar-refractivity contribution in [2.45, 2.75) is 11.7 Å². The summed E-state index contributed by atoms with van der Waals surface area (Å²) >= 11 is 1.49. The minimum Gasteiger partial charge on any atom is -0.497 e. The molecule has 35 heavy (non-hydrogen) atoms. The van der Waals surface area contributed by atoms with Crippen LogP contribution in [0.1, 0.15) is 10.5 Å². The van der Waals surface area contributed by atoms with Crippen molar-refractivity contribution in [3.05, 3.63) is 42.2 Å². The highest BCUT2D eigenvalue weighted by molar-refractivity contribution is 7.98. The Hall–Kier alpha value is -3.64. The second-order valence-electron chi connectivity index (χ2n) is 7.89. The normalized spacial score (nSPS) is 13.8. The molecule has 4 heterocycles. The van der Waals surface area contributed by atoms with Gasteiger partial charge in [0.1, 0.15) is 17.3 Å². The summed E-state index contributed by atoms with van der Waals surface area (Å²) in [6.07, 6.45) is 3.75. The number of aromatic nitrogens is 6. The second kappa shape index (κ2) is 10.3. The van der Waals surface area contributed by atoms with Gasteiger partial charge < -0.3 is 19.7 Å². The number of ether oxygens (including phenoxy) is 2. The van der Waals surface area contributed by atoms with Crippen molar-refractivity contribution < 1.29 is 14.3 Å². The van der Waals surface area contributed by atoms with E-state index >= 15 is 0 Å². The zero-order valence-corrected chi connectivity index (χ0v) is 20.3. The van der Waals surface area contributed by atoms with Crippen LogP contribution in [-0.4, -0.2) is 82.1 Å². The van der Waals surface area contributed by atoms with Crippen LogP contribution in [0, 0.1) is 0 Å². The van der Waals surface area contributed by atoms with E-state index in [4.69, 9.17) is 14.5 Å². The number of H-pyrrole nitrogens is 1. The fourth-order valence-electron chi connectivity index (χ4n) is 3.93. The molecule has 0 atom stereocenters. The maximum atomic E-state index is 12.7. The first-order valence-electron chi connectivity index (χ1n) is 11.2. The standard InChI is InChI=1S/C23H26N8O3S/c1-33-16-5-3-4-15(12-16)18-13-19(29-28-18)22(32)24-6-7-31-21-17(14-25-31)20(26-23(27-21)35-2)30-8-10-34-11-9-30/h3-5,12-14H,6-11H2,1-2H3,(H,24,32)(H,28,29). The van der Waals surface area contributed by atoms with Crippen LogP contribution in [-0.2, 0) is 11.3 Å². The minimum absolute atomic E-state index is 0.239. The van der Waals surface area contributed by atoms with E-state index in [0.29, 0.717) is 42.8 Å². The van der Waals surface area contributed by atoms with Gasteiger partial charge in [0.25, 0.3) is 5.91 Å². The Morgan fingerprint density at radius 2 is 2.11 bits per heavy atom. The lowest BCUT2D eigenvalue weighted by molar-refractivity contribution is 0.0947. The number of hydrogen-bond acceptors (Lipinski definition) is 9. The molecule has 5 rings (SSSR count). The van der Waals surface area contributed by atoms with Gasteiger partial charge in [-0.3, -0.25) is 9.89 Å². The maximum Gasteiger partial charge on any atom is 0.269 e. The van der Waals surface area contributed by atoms with Crippen molar-refractivity contribution in [2.24, 2.45) is 0 Å². The molecule has 0 bridgehead atoms. The second-order valence-corrected chi connectivity index (χ2v) is 8.67. The molecule has 0 aliphatic carbocycles. The molecule has 4 aromatic rings. The van der Waals surface area contributed by atoms with Crippen LogP contribution in [0.3, 0.4) is 0 Å². The zero-order chi connectivity index (χ0) is 24.2. The largest absolute Gasteiger partial charge is 0.497 e. The number of aromatic amines is 1. The van der Waals surface area contributed by atoms with E-state index in [9.17, 15) is 4.79 Å². The maximum absolute atomic E-state index is 12.7. The van der Waals surface area contributed by atoms with Crippen molar-refractivity contribution >= 4 is 34.5 Å². The number of benzene rings is 1. The number of hydrogen-bond donors (Lipinski definition) is 2. The van der Waals surface area contributed by atoms with Gasteiger partial charge in [-0.15, -0.1) is 0 Å². The first-order valence-corrected chi connectivity index (χ1v) is 12.5. The number of fused-ring (bicyclic) bond motifs is 1. The number of nitrogens with zero attached hydrogens (tertiary/aromatic N) is 6. The van der Waals surface area contributed by atoms with Crippen molar-refractivity contribution in [3.63, 3.8) is 0 Å². The van der Waals surface area contributed by atoms with Gasteiger partial charge in [0.2, 0.25) is 0 Å². The number of thioether (sulfide) groups is 1. The van der Waals surface area contributed by atoms with Crippen LogP contribution < -0.4 is 15.0 Å². The number of morpholine rings is 1. The van der Waals surface area contributed by atoms with Gasteiger partial charge in [-0.2, -0.15) is 10.2 Å². The van der Waals surface area contributed by atoms with Crippen molar-refractivity contribution in [1.29, 1.82) is 0 Å². The Balaban J connectivity index is 1.27. The summed E-state index contributed by atoms with van der Waals surface area (Å²) < 4.78 is 12.5. The van der Waals surface area contributed by atoms with Crippen LogP contribution in [0.15, 0.2) is 41.7 Å². The number of methoxy groups -OCH3 is 1. The van der Waals surface area contributed by atoms with Crippen LogP contribution >= 0.6 is 11.8 Å². The van der Waals surface area contributed by atoms with Gasteiger partial charge in [-0.05, 0) is 24.5 Å². The molecule has 2 N–H and O–H groups in total. The van der Waals surface area contributed by atoms with Crippen LogP contribution in [0.5, 0.6) is 5.75 Å². The predicted octanol–water partition coefficient (Wildman–Crippen LogP) is 2.21. The Morgan fingerprint density at radius 3 is 2.91 bits per heavy atom. The first kappa shape index (κ1) is 23.1. The predicted molar refractivity (Wildman–Crippen MR) is 133 cm³/mol. The zero-order valence-electron chi connectivity index (χ0n) is 19.5. The fraction of sp³-hybridized carbons (Fsp3) is 0.348. The molecule has 3 aromatic heterocycles. The molecule has 11 nitrogen and oxygen atoms in total. The van der Waals surface area contributed by atoms with Crippen molar-refractivity contribution in [1.82, 2.24) is 35.3 Å². The molecule has 0 saturated carbocycles. The van der Waals surface area contributed by atoms with Crippen LogP contribution in [0.4, 0.5) is 5.82 Å². The summed E-state index contributed by atoms with van der Waals surface area (Å²) in [5.41, 5.74) is 2.67. The quantitative estimate of drug-likeness (QED) is 0.280. The van der Waals surface area contributed by atoms with Crippen molar-refractivity contribution in [3.8, 4) is 17.0 Å². The average molecular weight is 495 g/mol. The van der Waals surface area contributed by atoms with Gasteiger partial charge in [-0.25, -0.2) is 14.6 Å². The highest BCUT2D eigenvalue weighted by Crippen LogP contribution is 2.27. The van der Waals surface area contributed by atoms with Gasteiger partial charge in [0.05, 0.1) is 44.1 Å². The fourth-order valence-corrected chi connectivity index (χ4v) is 4.29. The van der Waals surface area contributed by atoms with Gasteiger partial charge in [0, 0.05) is 25.2 Å². The lowest BCUT2D eigenvalue weighted by Crippen LogP contribution is -2.37. The summed E-state index contributed by atoms with van der Waals surface area (Å²) in [6, 6.07) is 9.25. The summed E-state index contributed by atoms with van der Waals surface area (Å²) in [5, 5.41) is 16.1. The van der Waals surface area contributed by atoms with E-state index in [1.807, 2.05) is 30.5 Å². The lowest BCUT2D eigenvalue weighted by Gasteiger charge is -2.28. The number of carbonyl (C=O) groups excluding carboxylic acids is 1. The third-order valence-corrected chi connectivity index (χ3v) is 6.29. The molecule has 12 heteroatoms. The van der Waals surface area contributed by atoms with E-state index in [-0.39, 0.29) is 5.91 Å². The summed E-state index contributed by atoms with van der Waals surface area (Å²) in [4.78, 5) is 24.3. The number of rotatable bonds is 8. The third kappa shape index (κ3) is 4.93. The third-order valence-electron chi connectivity index (χ3n) is 5.75. The Bertz CT molecular complexity index is 1330. The Labute approximate surface area is 206 Å². The topological polar surface area (TPSA) is 123 Å². The summed E-state index contributed by atoms with van der Waals surface area (Å²) in [7, 11) is 1.61. The van der Waals surface area contributed by atoms with E-state index in [2.05, 4.69) is 30.5 Å². The molecule has 0 radical (unpaired) electrons. The molecular weight excluding hydrogens is 468 g/mol. The molecule has 1 aromatic carbocycles. The van der Waals surface area contributed by atoms with Gasteiger partial charge in [0.15, 0.2) is 10.8 Å². The minimum atomic E-state index is -0.239. The molecule has 0 unspecified atom stereocenters. The Kier molecular flexibility index (Phi) is 6.82. The molecule has 182 valence electrons. The highest BCUT2D eigenvalue weighted by atomic mass is 32.2. The molecule has 0 spiro atoms. The smallest absolute Gasteiger partial charge is 0.269 e. The van der Waals surface area contributed by atoms with Crippen LogP contribution in [0.25, 0.3) is 22.3 Å². The molecule has 1 aliphatic heterocycles. The number of carbonyl (C=O) groups is 1.